The fourth-order valence-electron chi connectivity index (χ4n) is 1.41. The van der Waals surface area contributed by atoms with Crippen LogP contribution in [0, 0.1) is 5.92 Å². The second kappa shape index (κ2) is 8.10. The summed E-state index contributed by atoms with van der Waals surface area (Å²) < 4.78 is 0. The molecule has 0 aliphatic carbocycles. The lowest BCUT2D eigenvalue weighted by atomic mass is 10.0. The van der Waals surface area contributed by atoms with Crippen LogP contribution < -0.4 is 11.1 Å². The molecule has 0 aliphatic rings. The van der Waals surface area contributed by atoms with Crippen molar-refractivity contribution < 1.29 is 14.7 Å². The first-order chi connectivity index (χ1) is 7.51. The summed E-state index contributed by atoms with van der Waals surface area (Å²) in [6, 6.07) is -0.766. The average molecular weight is 230 g/mol. The Morgan fingerprint density at radius 2 is 2.00 bits per heavy atom. The SMILES string of the molecule is CCC(NC(=O)CCC(C)CCN)C(=O)O. The normalized spacial score (nSPS) is 14.2. The number of aliphatic carboxylic acids is 1. The van der Waals surface area contributed by atoms with Crippen LogP contribution in [-0.2, 0) is 9.59 Å². The molecule has 0 aromatic carbocycles. The molecule has 1 amide bonds. The minimum absolute atomic E-state index is 0.196. The summed E-state index contributed by atoms with van der Waals surface area (Å²) >= 11 is 0. The monoisotopic (exact) mass is 230 g/mol. The van der Waals surface area contributed by atoms with E-state index in [-0.39, 0.29) is 5.91 Å². The van der Waals surface area contributed by atoms with Gasteiger partial charge >= 0.3 is 5.97 Å². The molecule has 5 nitrogen and oxygen atoms in total. The quantitative estimate of drug-likeness (QED) is 0.573. The minimum Gasteiger partial charge on any atom is -0.480 e. The molecule has 0 saturated heterocycles. The Bertz CT molecular complexity index is 231. The Hall–Kier alpha value is -1.10. The van der Waals surface area contributed by atoms with E-state index in [0.29, 0.717) is 25.3 Å². The van der Waals surface area contributed by atoms with E-state index in [0.717, 1.165) is 12.8 Å². The van der Waals surface area contributed by atoms with Crippen molar-refractivity contribution in [3.8, 4) is 0 Å². The summed E-state index contributed by atoms with van der Waals surface area (Å²) in [5.74, 6) is -0.773. The third-order valence-electron chi connectivity index (χ3n) is 2.57. The first-order valence-corrected chi connectivity index (χ1v) is 5.73. The van der Waals surface area contributed by atoms with Gasteiger partial charge in [0.15, 0.2) is 0 Å². The number of hydrogen-bond acceptors (Lipinski definition) is 3. The number of carbonyl (C=O) groups excluding carboxylic acids is 1. The van der Waals surface area contributed by atoms with Crippen LogP contribution in [0.15, 0.2) is 0 Å². The van der Waals surface area contributed by atoms with Gasteiger partial charge in [-0.15, -0.1) is 0 Å². The van der Waals surface area contributed by atoms with E-state index in [1.54, 1.807) is 6.92 Å². The van der Waals surface area contributed by atoms with Crippen LogP contribution in [0.2, 0.25) is 0 Å². The third kappa shape index (κ3) is 6.40. The molecule has 0 aromatic heterocycles. The van der Waals surface area contributed by atoms with Crippen molar-refractivity contribution in [2.24, 2.45) is 11.7 Å². The maximum atomic E-state index is 11.4. The number of rotatable bonds is 8. The van der Waals surface area contributed by atoms with Crippen LogP contribution in [0.3, 0.4) is 0 Å². The predicted octanol–water partition coefficient (Wildman–Crippen LogP) is 0.731. The number of nitrogens with two attached hydrogens (primary N) is 1. The topological polar surface area (TPSA) is 92.4 Å². The minimum atomic E-state index is -0.981. The molecular weight excluding hydrogens is 208 g/mol. The van der Waals surface area contributed by atoms with Crippen molar-refractivity contribution in [1.82, 2.24) is 5.32 Å². The number of amides is 1. The number of carboxylic acid groups (broad SMARTS) is 1. The highest BCUT2D eigenvalue weighted by molar-refractivity contribution is 5.83. The van der Waals surface area contributed by atoms with Crippen LogP contribution in [0.1, 0.15) is 39.5 Å². The Morgan fingerprint density at radius 3 is 2.44 bits per heavy atom. The molecule has 94 valence electrons. The molecule has 0 aliphatic heterocycles. The van der Waals surface area contributed by atoms with Gasteiger partial charge in [0.25, 0.3) is 0 Å². The Labute approximate surface area is 96.4 Å². The van der Waals surface area contributed by atoms with Crippen molar-refractivity contribution in [3.63, 3.8) is 0 Å². The van der Waals surface area contributed by atoms with Gasteiger partial charge in [-0.1, -0.05) is 13.8 Å². The van der Waals surface area contributed by atoms with Crippen molar-refractivity contribution in [2.45, 2.75) is 45.6 Å². The van der Waals surface area contributed by atoms with Crippen LogP contribution >= 0.6 is 0 Å². The summed E-state index contributed by atoms with van der Waals surface area (Å²) in [4.78, 5) is 22.1. The molecule has 0 radical (unpaired) electrons. The first kappa shape index (κ1) is 14.9. The van der Waals surface area contributed by atoms with E-state index < -0.39 is 12.0 Å². The zero-order valence-electron chi connectivity index (χ0n) is 10.0. The van der Waals surface area contributed by atoms with E-state index in [2.05, 4.69) is 5.32 Å². The highest BCUT2D eigenvalue weighted by Crippen LogP contribution is 2.09. The molecule has 4 N–H and O–H groups in total. The fourth-order valence-corrected chi connectivity index (χ4v) is 1.41. The van der Waals surface area contributed by atoms with Crippen LogP contribution in [0.5, 0.6) is 0 Å². The molecule has 16 heavy (non-hydrogen) atoms. The number of carboxylic acids is 1. The Kier molecular flexibility index (Phi) is 7.54. The highest BCUT2D eigenvalue weighted by Gasteiger charge is 2.17. The van der Waals surface area contributed by atoms with Crippen LogP contribution in [0.25, 0.3) is 0 Å². The molecular formula is C11H22N2O3. The maximum absolute atomic E-state index is 11.4. The van der Waals surface area contributed by atoms with E-state index in [4.69, 9.17) is 10.8 Å². The zero-order valence-corrected chi connectivity index (χ0v) is 10.0. The van der Waals surface area contributed by atoms with Gasteiger partial charge < -0.3 is 16.2 Å². The molecule has 0 aromatic rings. The lowest BCUT2D eigenvalue weighted by Gasteiger charge is -2.13. The summed E-state index contributed by atoms with van der Waals surface area (Å²) in [5.41, 5.74) is 5.40. The second-order valence-corrected chi connectivity index (χ2v) is 4.09. The van der Waals surface area contributed by atoms with Gasteiger partial charge in [-0.3, -0.25) is 4.79 Å². The molecule has 0 bridgehead atoms. The smallest absolute Gasteiger partial charge is 0.326 e. The van der Waals surface area contributed by atoms with Crippen LogP contribution in [-0.4, -0.2) is 29.6 Å². The van der Waals surface area contributed by atoms with Gasteiger partial charge in [-0.05, 0) is 31.7 Å². The third-order valence-corrected chi connectivity index (χ3v) is 2.57. The largest absolute Gasteiger partial charge is 0.480 e. The number of carbonyl (C=O) groups is 2. The number of nitrogens with one attached hydrogen (secondary N) is 1. The lowest BCUT2D eigenvalue weighted by molar-refractivity contribution is -0.141. The van der Waals surface area contributed by atoms with Gasteiger partial charge in [0.1, 0.15) is 6.04 Å². The molecule has 0 rings (SSSR count). The highest BCUT2D eigenvalue weighted by atomic mass is 16.4. The van der Waals surface area contributed by atoms with Crippen molar-refractivity contribution >= 4 is 11.9 Å². The van der Waals surface area contributed by atoms with E-state index in [1.807, 2.05) is 6.92 Å². The standard InChI is InChI=1S/C11H22N2O3/c1-3-9(11(15)16)13-10(14)5-4-8(2)6-7-12/h8-9H,3-7,12H2,1-2H3,(H,13,14)(H,15,16). The Morgan fingerprint density at radius 1 is 1.38 bits per heavy atom. The van der Waals surface area contributed by atoms with Gasteiger partial charge in [0.2, 0.25) is 5.91 Å². The lowest BCUT2D eigenvalue weighted by Crippen LogP contribution is -2.40. The molecule has 0 spiro atoms. The maximum Gasteiger partial charge on any atom is 0.326 e. The van der Waals surface area contributed by atoms with Crippen molar-refractivity contribution in [1.29, 1.82) is 0 Å². The summed E-state index contributed by atoms with van der Waals surface area (Å²) in [5, 5.41) is 11.2. The van der Waals surface area contributed by atoms with Crippen molar-refractivity contribution in [2.75, 3.05) is 6.54 Å². The zero-order chi connectivity index (χ0) is 12.6. The summed E-state index contributed by atoms with van der Waals surface area (Å²) in [6.07, 6.45) is 2.41. The van der Waals surface area contributed by atoms with E-state index >= 15 is 0 Å². The predicted molar refractivity (Wildman–Crippen MR) is 61.9 cm³/mol. The van der Waals surface area contributed by atoms with Gasteiger partial charge in [-0.2, -0.15) is 0 Å². The number of hydrogen-bond donors (Lipinski definition) is 3. The molecule has 2 unspecified atom stereocenters. The van der Waals surface area contributed by atoms with Crippen LogP contribution in [0.4, 0.5) is 0 Å². The molecule has 0 heterocycles. The van der Waals surface area contributed by atoms with E-state index in [9.17, 15) is 9.59 Å². The Balaban J connectivity index is 3.85. The molecule has 0 saturated carbocycles. The second-order valence-electron chi connectivity index (χ2n) is 4.09. The molecule has 2 atom stereocenters. The molecule has 0 fully saturated rings. The van der Waals surface area contributed by atoms with Gasteiger partial charge in [-0.25, -0.2) is 4.79 Å². The van der Waals surface area contributed by atoms with Gasteiger partial charge in [0, 0.05) is 6.42 Å². The fraction of sp³-hybridized carbons (Fsp3) is 0.818. The van der Waals surface area contributed by atoms with Gasteiger partial charge in [0.05, 0.1) is 0 Å². The first-order valence-electron chi connectivity index (χ1n) is 5.73. The van der Waals surface area contributed by atoms with E-state index in [1.165, 1.54) is 0 Å². The summed E-state index contributed by atoms with van der Waals surface area (Å²) in [6.45, 7) is 4.39. The molecule has 5 heteroatoms. The summed E-state index contributed by atoms with van der Waals surface area (Å²) in [7, 11) is 0. The average Bonchev–Trinajstić information content (AvgIpc) is 2.23. The van der Waals surface area contributed by atoms with Crippen molar-refractivity contribution in [3.05, 3.63) is 0 Å².